The number of rotatable bonds is 9. The van der Waals surface area contributed by atoms with Crippen molar-refractivity contribution >= 4 is 0 Å². The molecule has 0 aliphatic heterocycles. The summed E-state index contributed by atoms with van der Waals surface area (Å²) in [4.78, 5) is 0. The third-order valence-electron chi connectivity index (χ3n) is 6.18. The van der Waals surface area contributed by atoms with Gasteiger partial charge in [0.25, 0.3) is 0 Å². The highest BCUT2D eigenvalue weighted by Gasteiger charge is 2.23. The molecule has 0 aliphatic carbocycles. The van der Waals surface area contributed by atoms with E-state index in [-0.39, 0.29) is 0 Å². The lowest BCUT2D eigenvalue weighted by atomic mass is 9.75. The molecule has 0 saturated heterocycles. The second-order valence-electron chi connectivity index (χ2n) is 10.6. The maximum absolute atomic E-state index is 5.64. The van der Waals surface area contributed by atoms with E-state index in [1.807, 2.05) is 0 Å². The van der Waals surface area contributed by atoms with E-state index in [4.69, 9.17) is 4.74 Å². The summed E-state index contributed by atoms with van der Waals surface area (Å²) < 4.78 is 5.64. The van der Waals surface area contributed by atoms with Crippen LogP contribution in [0.25, 0.3) is 11.1 Å². The van der Waals surface area contributed by atoms with Gasteiger partial charge in [-0.2, -0.15) is 0 Å². The molecule has 2 aromatic rings. The van der Waals surface area contributed by atoms with Crippen LogP contribution in [0.15, 0.2) is 36.4 Å². The maximum Gasteiger partial charge on any atom is 0.119 e. The van der Waals surface area contributed by atoms with E-state index in [0.29, 0.717) is 23.2 Å². The highest BCUT2D eigenvalue weighted by molar-refractivity contribution is 5.70. The first-order valence-electron chi connectivity index (χ1n) is 11.3. The molecule has 160 valence electrons. The Morgan fingerprint density at radius 2 is 1.45 bits per heavy atom. The Kier molecular flexibility index (Phi) is 7.97. The van der Waals surface area contributed by atoms with Crippen molar-refractivity contribution in [2.24, 2.45) is 23.2 Å². The fourth-order valence-corrected chi connectivity index (χ4v) is 3.90. The smallest absolute Gasteiger partial charge is 0.119 e. The molecule has 0 bridgehead atoms. The highest BCUT2D eigenvalue weighted by Crippen LogP contribution is 2.35. The van der Waals surface area contributed by atoms with Gasteiger partial charge in [-0.15, -0.1) is 0 Å². The van der Waals surface area contributed by atoms with Crippen molar-refractivity contribution in [3.05, 3.63) is 53.1 Å². The summed E-state index contributed by atoms with van der Waals surface area (Å²) in [6.07, 6.45) is 3.29. The van der Waals surface area contributed by atoms with Crippen LogP contribution in [0.5, 0.6) is 5.75 Å². The molecular formula is C28H42O. The van der Waals surface area contributed by atoms with E-state index in [9.17, 15) is 0 Å². The van der Waals surface area contributed by atoms with Crippen LogP contribution < -0.4 is 4.74 Å². The van der Waals surface area contributed by atoms with Crippen LogP contribution in [-0.4, -0.2) is 7.11 Å². The fourth-order valence-electron chi connectivity index (χ4n) is 3.90. The molecule has 0 atom stereocenters. The Labute approximate surface area is 179 Å². The van der Waals surface area contributed by atoms with Crippen LogP contribution in [-0.2, 0) is 19.3 Å². The van der Waals surface area contributed by atoms with E-state index in [2.05, 4.69) is 91.8 Å². The average Bonchev–Trinajstić information content (AvgIpc) is 2.60. The molecule has 1 heteroatoms. The Morgan fingerprint density at radius 1 is 0.793 bits per heavy atom. The molecule has 1 nitrogen and oxygen atoms in total. The summed E-state index contributed by atoms with van der Waals surface area (Å²) in [7, 11) is 1.77. The topological polar surface area (TPSA) is 9.23 Å². The van der Waals surface area contributed by atoms with E-state index in [0.717, 1.165) is 25.0 Å². The van der Waals surface area contributed by atoms with Gasteiger partial charge in [0.1, 0.15) is 5.75 Å². The summed E-state index contributed by atoms with van der Waals surface area (Å²) in [6.45, 7) is 18.6. The molecular weight excluding hydrogens is 352 g/mol. The summed E-state index contributed by atoms with van der Waals surface area (Å²) in [5, 5.41) is 0. The standard InChI is InChI=1S/C28H42O/c1-19(2)12-23-15-25(17-26(16-23)29-9)27-11-10-22(14-24(27)13-20(3)4)18-28(7,8)21(5)6/h10-11,14-17,19-21H,12-13,18H2,1-9H3. The fraction of sp³-hybridized carbons (Fsp3) is 0.571. The predicted molar refractivity (Wildman–Crippen MR) is 128 cm³/mol. The van der Waals surface area contributed by atoms with Gasteiger partial charge in [-0.1, -0.05) is 79.7 Å². The van der Waals surface area contributed by atoms with E-state index in [1.54, 1.807) is 7.11 Å². The van der Waals surface area contributed by atoms with Crippen LogP contribution in [0.3, 0.4) is 0 Å². The van der Waals surface area contributed by atoms with Crippen molar-refractivity contribution in [1.29, 1.82) is 0 Å². The molecule has 0 fully saturated rings. The van der Waals surface area contributed by atoms with Crippen LogP contribution in [0, 0.1) is 23.2 Å². The summed E-state index contributed by atoms with van der Waals surface area (Å²) in [5.41, 5.74) is 7.21. The van der Waals surface area contributed by atoms with E-state index >= 15 is 0 Å². The van der Waals surface area contributed by atoms with Gasteiger partial charge in [-0.05, 0) is 82.4 Å². The Morgan fingerprint density at radius 3 is 2.00 bits per heavy atom. The zero-order chi connectivity index (χ0) is 21.8. The summed E-state index contributed by atoms with van der Waals surface area (Å²) in [5.74, 6) is 2.87. The molecule has 0 aromatic heterocycles. The lowest BCUT2D eigenvalue weighted by Crippen LogP contribution is -2.22. The van der Waals surface area contributed by atoms with Gasteiger partial charge in [0, 0.05) is 0 Å². The van der Waals surface area contributed by atoms with Crippen molar-refractivity contribution in [2.45, 2.75) is 74.7 Å². The molecule has 0 aliphatic rings. The molecule has 0 unspecified atom stereocenters. The Bertz CT molecular complexity index is 796. The first-order chi connectivity index (χ1) is 13.5. The molecule has 0 saturated carbocycles. The van der Waals surface area contributed by atoms with Crippen LogP contribution in [0.1, 0.15) is 72.1 Å². The van der Waals surface area contributed by atoms with Crippen molar-refractivity contribution in [3.8, 4) is 16.9 Å². The molecule has 2 aromatic carbocycles. The molecule has 2 rings (SSSR count). The van der Waals surface area contributed by atoms with Gasteiger partial charge in [0.05, 0.1) is 7.11 Å². The Balaban J connectivity index is 2.51. The summed E-state index contributed by atoms with van der Waals surface area (Å²) >= 11 is 0. The zero-order valence-electron chi connectivity index (χ0n) is 20.2. The molecule has 0 N–H and O–H groups in total. The minimum absolute atomic E-state index is 0.303. The monoisotopic (exact) mass is 394 g/mol. The van der Waals surface area contributed by atoms with Crippen molar-refractivity contribution in [3.63, 3.8) is 0 Å². The largest absolute Gasteiger partial charge is 0.497 e. The molecule has 29 heavy (non-hydrogen) atoms. The minimum Gasteiger partial charge on any atom is -0.497 e. The first kappa shape index (κ1) is 23.5. The molecule has 0 radical (unpaired) electrons. The zero-order valence-corrected chi connectivity index (χ0v) is 20.2. The van der Waals surface area contributed by atoms with Gasteiger partial charge in [0.15, 0.2) is 0 Å². The number of methoxy groups -OCH3 is 1. The SMILES string of the molecule is COc1cc(CC(C)C)cc(-c2ccc(CC(C)(C)C(C)C)cc2CC(C)C)c1. The van der Waals surface area contributed by atoms with Gasteiger partial charge in [-0.25, -0.2) is 0 Å². The van der Waals surface area contributed by atoms with Crippen LogP contribution in [0.4, 0.5) is 0 Å². The molecule has 0 heterocycles. The highest BCUT2D eigenvalue weighted by atomic mass is 16.5. The maximum atomic E-state index is 5.64. The molecule has 0 spiro atoms. The van der Waals surface area contributed by atoms with Gasteiger partial charge < -0.3 is 4.74 Å². The predicted octanol–water partition coefficient (Wildman–Crippen LogP) is 7.98. The Hall–Kier alpha value is -1.76. The number of hydrogen-bond donors (Lipinski definition) is 0. The second kappa shape index (κ2) is 9.83. The number of ether oxygens (including phenoxy) is 1. The van der Waals surface area contributed by atoms with Gasteiger partial charge in [-0.3, -0.25) is 0 Å². The number of hydrogen-bond acceptors (Lipinski definition) is 1. The molecule has 0 amide bonds. The normalized spacial score (nSPS) is 12.3. The van der Waals surface area contributed by atoms with Gasteiger partial charge >= 0.3 is 0 Å². The third-order valence-corrected chi connectivity index (χ3v) is 6.18. The quantitative estimate of drug-likeness (QED) is 0.419. The lowest BCUT2D eigenvalue weighted by Gasteiger charge is -2.30. The summed E-state index contributed by atoms with van der Waals surface area (Å²) in [6, 6.07) is 13.9. The van der Waals surface area contributed by atoms with E-state index in [1.165, 1.54) is 27.8 Å². The van der Waals surface area contributed by atoms with Crippen molar-refractivity contribution < 1.29 is 4.74 Å². The van der Waals surface area contributed by atoms with Crippen LogP contribution in [0.2, 0.25) is 0 Å². The van der Waals surface area contributed by atoms with Crippen molar-refractivity contribution in [2.75, 3.05) is 7.11 Å². The minimum atomic E-state index is 0.303. The first-order valence-corrected chi connectivity index (χ1v) is 11.3. The van der Waals surface area contributed by atoms with Crippen LogP contribution >= 0.6 is 0 Å². The third kappa shape index (κ3) is 6.63. The lowest BCUT2D eigenvalue weighted by molar-refractivity contribution is 0.248. The average molecular weight is 395 g/mol. The second-order valence-corrected chi connectivity index (χ2v) is 10.6. The van der Waals surface area contributed by atoms with Gasteiger partial charge in [0.2, 0.25) is 0 Å². The van der Waals surface area contributed by atoms with E-state index < -0.39 is 0 Å². The number of benzene rings is 2. The van der Waals surface area contributed by atoms with Crippen molar-refractivity contribution in [1.82, 2.24) is 0 Å².